The Morgan fingerprint density at radius 2 is 1.75 bits per heavy atom. The number of hydrogen-bond donors (Lipinski definition) is 3. The van der Waals surface area contributed by atoms with Gasteiger partial charge in [0.15, 0.2) is 0 Å². The number of carbonyl (C=O) groups excluding carboxylic acids is 2. The van der Waals surface area contributed by atoms with E-state index in [2.05, 4.69) is 13.8 Å². The van der Waals surface area contributed by atoms with E-state index in [4.69, 9.17) is 5.11 Å². The minimum atomic E-state index is -1.67. The summed E-state index contributed by atoms with van der Waals surface area (Å²) in [6.45, 7) is 6.38. The molecule has 1 amide bonds. The zero-order chi connectivity index (χ0) is 21.5. The summed E-state index contributed by atoms with van der Waals surface area (Å²) in [5.74, 6) is -2.22. The molecule has 1 heterocycles. The van der Waals surface area contributed by atoms with E-state index in [1.54, 1.807) is 0 Å². The summed E-state index contributed by atoms with van der Waals surface area (Å²) in [5.41, 5.74) is -1.67. The molecule has 2 fully saturated rings. The highest BCUT2D eigenvalue weighted by atomic mass is 16.4. The van der Waals surface area contributed by atoms with Crippen molar-refractivity contribution in [2.45, 2.75) is 83.8 Å². The monoisotopic (exact) mass is 399 g/mol. The molecule has 0 radical (unpaired) electrons. The first-order valence-electron chi connectivity index (χ1n) is 10.4. The highest BCUT2D eigenvalue weighted by Gasteiger charge is 2.50. The van der Waals surface area contributed by atoms with E-state index >= 15 is 0 Å². The number of aliphatic hydroxyl groups is 2. The number of amides is 1. The normalized spacial score (nSPS) is 30.4. The average molecular weight is 400 g/mol. The van der Waals surface area contributed by atoms with Gasteiger partial charge in [0.2, 0.25) is 0 Å². The smallest absolute Gasteiger partial charge is 0.326 e. The molecule has 4 atom stereocenters. The molecule has 3 N–H and O–H groups in total. The molecule has 0 aromatic carbocycles. The van der Waals surface area contributed by atoms with E-state index in [1.165, 1.54) is 0 Å². The Morgan fingerprint density at radius 1 is 1.11 bits per heavy atom. The van der Waals surface area contributed by atoms with Crippen molar-refractivity contribution in [2.75, 3.05) is 13.7 Å². The first-order chi connectivity index (χ1) is 13.2. The number of carboxylic acids is 1. The highest BCUT2D eigenvalue weighted by molar-refractivity contribution is 6.39. The van der Waals surface area contributed by atoms with Gasteiger partial charge in [-0.25, -0.2) is 4.79 Å². The van der Waals surface area contributed by atoms with Crippen LogP contribution in [0.15, 0.2) is 0 Å². The fourth-order valence-electron chi connectivity index (χ4n) is 4.35. The molecule has 2 rings (SSSR count). The third-order valence-electron chi connectivity index (χ3n) is 6.21. The van der Waals surface area contributed by atoms with Crippen LogP contribution in [-0.2, 0) is 14.4 Å². The molecular formula is C21H37NO6. The Kier molecular flexibility index (Phi) is 9.57. The van der Waals surface area contributed by atoms with Crippen LogP contribution >= 0.6 is 0 Å². The van der Waals surface area contributed by atoms with Crippen LogP contribution in [0.25, 0.3) is 0 Å². The molecule has 1 aliphatic heterocycles. The highest BCUT2D eigenvalue weighted by Crippen LogP contribution is 2.40. The second-order valence-electron chi connectivity index (χ2n) is 8.62. The van der Waals surface area contributed by atoms with Crippen LogP contribution in [0.3, 0.4) is 0 Å². The second kappa shape index (κ2) is 10.9. The Bertz CT molecular complexity index is 549. The standard InChI is InChI=1S/C20H33NO5.CH4O/c1-13(2)7-9-15-10-8-14(3)20(26,12-15)17(22)18(23)21-11-5-4-6-16(21)19(24)25;1-2/h13-16,26H,4-12H2,1-3H3,(H,24,25);2H,1H3. The maximum Gasteiger partial charge on any atom is 0.326 e. The Hall–Kier alpha value is -1.47. The van der Waals surface area contributed by atoms with Gasteiger partial charge in [-0.15, -0.1) is 0 Å². The van der Waals surface area contributed by atoms with E-state index in [0.29, 0.717) is 31.6 Å². The number of carboxylic acid groups (broad SMARTS) is 1. The minimum absolute atomic E-state index is 0.229. The molecule has 2 aliphatic rings. The predicted molar refractivity (Wildman–Crippen MR) is 106 cm³/mol. The largest absolute Gasteiger partial charge is 0.480 e. The summed E-state index contributed by atoms with van der Waals surface area (Å²) in [6, 6.07) is -0.959. The van der Waals surface area contributed by atoms with Gasteiger partial charge in [-0.1, -0.05) is 33.6 Å². The molecule has 1 aliphatic carbocycles. The topological polar surface area (TPSA) is 115 Å². The molecule has 7 heteroatoms. The van der Waals surface area contributed by atoms with Gasteiger partial charge in [-0.3, -0.25) is 9.59 Å². The number of hydrogen-bond acceptors (Lipinski definition) is 5. The number of rotatable bonds is 6. The number of aliphatic hydroxyl groups excluding tert-OH is 1. The van der Waals surface area contributed by atoms with Gasteiger partial charge in [0.05, 0.1) is 0 Å². The van der Waals surface area contributed by atoms with Gasteiger partial charge < -0.3 is 20.2 Å². The molecule has 1 saturated heterocycles. The number of ketones is 1. The van der Waals surface area contributed by atoms with E-state index in [-0.39, 0.29) is 18.4 Å². The summed E-state index contributed by atoms with van der Waals surface area (Å²) in [4.78, 5) is 38.3. The Balaban J connectivity index is 0.00000190. The maximum absolute atomic E-state index is 12.9. The summed E-state index contributed by atoms with van der Waals surface area (Å²) < 4.78 is 0. The molecule has 0 bridgehead atoms. The van der Waals surface area contributed by atoms with Crippen LogP contribution in [0, 0.1) is 17.8 Å². The molecular weight excluding hydrogens is 362 g/mol. The third kappa shape index (κ3) is 5.77. The van der Waals surface area contributed by atoms with Crippen molar-refractivity contribution in [3.05, 3.63) is 0 Å². The number of aliphatic carboxylic acids is 1. The zero-order valence-corrected chi connectivity index (χ0v) is 17.7. The molecule has 0 aromatic heterocycles. The number of piperidine rings is 1. The molecule has 7 nitrogen and oxygen atoms in total. The third-order valence-corrected chi connectivity index (χ3v) is 6.21. The van der Waals surface area contributed by atoms with Crippen LogP contribution in [-0.4, -0.2) is 63.2 Å². The van der Waals surface area contributed by atoms with E-state index < -0.39 is 29.3 Å². The lowest BCUT2D eigenvalue weighted by Crippen LogP contribution is -2.58. The first-order valence-corrected chi connectivity index (χ1v) is 10.4. The van der Waals surface area contributed by atoms with Crippen LogP contribution in [0.1, 0.15) is 72.1 Å². The van der Waals surface area contributed by atoms with E-state index in [9.17, 15) is 24.6 Å². The number of carbonyl (C=O) groups is 3. The van der Waals surface area contributed by atoms with Gasteiger partial charge >= 0.3 is 5.97 Å². The molecule has 1 saturated carbocycles. The molecule has 4 unspecified atom stereocenters. The Labute approximate surface area is 168 Å². The lowest BCUT2D eigenvalue weighted by molar-refractivity contribution is -0.167. The minimum Gasteiger partial charge on any atom is -0.480 e. The SMILES string of the molecule is CC(C)CCC1CCC(C)C(O)(C(=O)C(=O)N2CCCCC2C(=O)O)C1.CO. The lowest BCUT2D eigenvalue weighted by Gasteiger charge is -2.42. The molecule has 28 heavy (non-hydrogen) atoms. The van der Waals surface area contributed by atoms with Gasteiger partial charge in [-0.2, -0.15) is 0 Å². The van der Waals surface area contributed by atoms with Crippen molar-refractivity contribution in [3.8, 4) is 0 Å². The van der Waals surface area contributed by atoms with Crippen LogP contribution < -0.4 is 0 Å². The fourth-order valence-corrected chi connectivity index (χ4v) is 4.35. The second-order valence-corrected chi connectivity index (χ2v) is 8.62. The van der Waals surface area contributed by atoms with Gasteiger partial charge in [-0.05, 0) is 56.3 Å². The van der Waals surface area contributed by atoms with Gasteiger partial charge in [0.25, 0.3) is 11.7 Å². The van der Waals surface area contributed by atoms with Crippen molar-refractivity contribution in [2.24, 2.45) is 17.8 Å². The summed E-state index contributed by atoms with van der Waals surface area (Å²) in [6.07, 6.45) is 5.72. The van der Waals surface area contributed by atoms with E-state index in [1.807, 2.05) is 6.92 Å². The number of likely N-dealkylation sites (tertiary alicyclic amines) is 1. The summed E-state index contributed by atoms with van der Waals surface area (Å²) in [7, 11) is 1.00. The molecule has 162 valence electrons. The van der Waals surface area contributed by atoms with Crippen molar-refractivity contribution in [1.29, 1.82) is 0 Å². The average Bonchev–Trinajstić information content (AvgIpc) is 2.69. The predicted octanol–water partition coefficient (Wildman–Crippen LogP) is 2.23. The Morgan fingerprint density at radius 3 is 2.32 bits per heavy atom. The maximum atomic E-state index is 12.9. The van der Waals surface area contributed by atoms with Crippen molar-refractivity contribution in [1.82, 2.24) is 4.90 Å². The lowest BCUT2D eigenvalue weighted by atomic mass is 9.68. The van der Waals surface area contributed by atoms with Crippen LogP contribution in [0.4, 0.5) is 0 Å². The number of nitrogens with zero attached hydrogens (tertiary/aromatic N) is 1. The first kappa shape index (κ1) is 24.6. The zero-order valence-electron chi connectivity index (χ0n) is 17.7. The number of Topliss-reactive ketones (excluding diaryl/α,β-unsaturated/α-hetero) is 1. The van der Waals surface area contributed by atoms with Crippen molar-refractivity contribution < 1.29 is 29.7 Å². The van der Waals surface area contributed by atoms with E-state index in [0.717, 1.165) is 37.7 Å². The molecule has 0 spiro atoms. The summed E-state index contributed by atoms with van der Waals surface area (Å²) >= 11 is 0. The quantitative estimate of drug-likeness (QED) is 0.590. The van der Waals surface area contributed by atoms with Crippen LogP contribution in [0.2, 0.25) is 0 Å². The van der Waals surface area contributed by atoms with Gasteiger partial charge in [0, 0.05) is 13.7 Å². The van der Waals surface area contributed by atoms with Gasteiger partial charge in [0.1, 0.15) is 11.6 Å². The fraction of sp³-hybridized carbons (Fsp3) is 0.857. The van der Waals surface area contributed by atoms with Crippen LogP contribution in [0.5, 0.6) is 0 Å². The molecule has 0 aromatic rings. The van der Waals surface area contributed by atoms with Crippen molar-refractivity contribution >= 4 is 17.7 Å². The van der Waals surface area contributed by atoms with Crippen molar-refractivity contribution in [3.63, 3.8) is 0 Å². The summed E-state index contributed by atoms with van der Waals surface area (Å²) in [5, 5.41) is 27.5.